The minimum absolute atomic E-state index is 0.324. The van der Waals surface area contributed by atoms with Gasteiger partial charge in [-0.25, -0.2) is 4.98 Å². The molecule has 2 nitrogen and oxygen atoms in total. The Kier molecular flexibility index (Phi) is 4.02. The van der Waals surface area contributed by atoms with E-state index in [2.05, 4.69) is 81.8 Å². The van der Waals surface area contributed by atoms with Gasteiger partial charge in [-0.05, 0) is 61.6 Å². The largest absolute Gasteiger partial charge is 0.299 e. The van der Waals surface area contributed by atoms with E-state index >= 15 is 0 Å². The summed E-state index contributed by atoms with van der Waals surface area (Å²) in [4.78, 5) is 4.79. The molecule has 1 aromatic heterocycles. The fourth-order valence-corrected chi connectivity index (χ4v) is 4.89. The molecule has 0 N–H and O–H groups in total. The van der Waals surface area contributed by atoms with Gasteiger partial charge < -0.3 is 0 Å². The topological polar surface area (TPSA) is 17.8 Å². The Labute approximate surface area is 156 Å². The normalized spacial score (nSPS) is 21.8. The molecule has 2 atom stereocenters. The lowest BCUT2D eigenvalue weighted by Crippen LogP contribution is -2.11. The molecule has 2 heteroatoms. The number of nitrogens with zero attached hydrogens (tertiary/aromatic N) is 2. The maximum atomic E-state index is 4.79. The molecule has 26 heavy (non-hydrogen) atoms. The van der Waals surface area contributed by atoms with Crippen molar-refractivity contribution in [2.45, 2.75) is 52.9 Å². The molecule has 0 aliphatic heterocycles. The van der Waals surface area contributed by atoms with Crippen LogP contribution in [-0.4, -0.2) is 9.55 Å². The highest BCUT2D eigenvalue weighted by molar-refractivity contribution is 5.67. The predicted molar refractivity (Wildman–Crippen MR) is 109 cm³/mol. The van der Waals surface area contributed by atoms with Crippen molar-refractivity contribution in [1.29, 1.82) is 0 Å². The van der Waals surface area contributed by atoms with Crippen LogP contribution < -0.4 is 0 Å². The van der Waals surface area contributed by atoms with Gasteiger partial charge in [0.1, 0.15) is 5.82 Å². The van der Waals surface area contributed by atoms with Gasteiger partial charge in [-0.3, -0.25) is 4.57 Å². The molecule has 4 rings (SSSR count). The Bertz CT molecular complexity index is 939. The second-order valence-corrected chi connectivity index (χ2v) is 8.03. The molecule has 0 bridgehead atoms. The van der Waals surface area contributed by atoms with E-state index in [1.165, 1.54) is 46.3 Å². The highest BCUT2D eigenvalue weighted by Gasteiger charge is 2.51. The van der Waals surface area contributed by atoms with Crippen molar-refractivity contribution in [2.75, 3.05) is 0 Å². The smallest absolute Gasteiger partial charge is 0.144 e. The summed E-state index contributed by atoms with van der Waals surface area (Å²) in [6, 6.07) is 13.4. The fraction of sp³-hybridized carbons (Fsp3) is 0.375. The van der Waals surface area contributed by atoms with Gasteiger partial charge in [-0.15, -0.1) is 0 Å². The number of aryl methyl sites for hydroxylation is 3. The Morgan fingerprint density at radius 3 is 2.38 bits per heavy atom. The van der Waals surface area contributed by atoms with Crippen LogP contribution in [0.25, 0.3) is 17.1 Å². The van der Waals surface area contributed by atoms with Crippen molar-refractivity contribution in [3.8, 4) is 17.1 Å². The van der Waals surface area contributed by atoms with Crippen LogP contribution >= 0.6 is 0 Å². The molecule has 1 fully saturated rings. The average molecular weight is 345 g/mol. The first-order chi connectivity index (χ1) is 12.5. The van der Waals surface area contributed by atoms with Crippen molar-refractivity contribution in [3.05, 3.63) is 71.0 Å². The lowest BCUT2D eigenvalue weighted by molar-refractivity contribution is 0.608. The van der Waals surface area contributed by atoms with E-state index in [1.54, 1.807) is 0 Å². The van der Waals surface area contributed by atoms with Crippen molar-refractivity contribution >= 4 is 0 Å². The quantitative estimate of drug-likeness (QED) is 0.555. The van der Waals surface area contributed by atoms with Crippen LogP contribution in [0.3, 0.4) is 0 Å². The standard InChI is InChI=1S/C24H28N2/c1-6-24(15-19(24)5)21-10-8-7-9-20(21)23-25-11-12-26(23)22-17(3)13-16(2)14-18(22)4/h7-14,19H,6,15H2,1-5H3/t19-,24?/m0/s1. The van der Waals surface area contributed by atoms with Crippen LogP contribution in [-0.2, 0) is 5.41 Å². The number of rotatable bonds is 4. The molecular weight excluding hydrogens is 316 g/mol. The van der Waals surface area contributed by atoms with Crippen molar-refractivity contribution in [2.24, 2.45) is 5.92 Å². The van der Waals surface area contributed by atoms with Gasteiger partial charge in [0.05, 0.1) is 5.69 Å². The van der Waals surface area contributed by atoms with Crippen LogP contribution in [0, 0.1) is 26.7 Å². The van der Waals surface area contributed by atoms with Crippen LogP contribution in [0.1, 0.15) is 48.9 Å². The van der Waals surface area contributed by atoms with Gasteiger partial charge in [0.25, 0.3) is 0 Å². The summed E-state index contributed by atoms with van der Waals surface area (Å²) in [5.41, 5.74) is 8.22. The van der Waals surface area contributed by atoms with Gasteiger partial charge in [0.2, 0.25) is 0 Å². The first-order valence-corrected chi connectivity index (χ1v) is 9.69. The number of benzene rings is 2. The highest BCUT2D eigenvalue weighted by atomic mass is 15.1. The third-order valence-electron chi connectivity index (χ3n) is 6.31. The Morgan fingerprint density at radius 2 is 1.77 bits per heavy atom. The van der Waals surface area contributed by atoms with E-state index < -0.39 is 0 Å². The van der Waals surface area contributed by atoms with Gasteiger partial charge in [0, 0.05) is 18.0 Å². The summed E-state index contributed by atoms with van der Waals surface area (Å²) in [6.45, 7) is 11.2. The molecule has 2 aromatic carbocycles. The maximum absolute atomic E-state index is 4.79. The molecular formula is C24H28N2. The lowest BCUT2D eigenvalue weighted by Gasteiger charge is -2.21. The van der Waals surface area contributed by atoms with Crippen molar-refractivity contribution in [1.82, 2.24) is 9.55 Å². The highest BCUT2D eigenvalue weighted by Crippen LogP contribution is 2.58. The van der Waals surface area contributed by atoms with Crippen LogP contribution in [0.2, 0.25) is 0 Å². The van der Waals surface area contributed by atoms with Crippen LogP contribution in [0.4, 0.5) is 0 Å². The molecule has 1 heterocycles. The third-order valence-corrected chi connectivity index (χ3v) is 6.31. The molecule has 0 spiro atoms. The maximum Gasteiger partial charge on any atom is 0.144 e. The number of imidazole rings is 1. The van der Waals surface area contributed by atoms with Crippen molar-refractivity contribution < 1.29 is 0 Å². The van der Waals surface area contributed by atoms with Crippen LogP contribution in [0.5, 0.6) is 0 Å². The number of hydrogen-bond donors (Lipinski definition) is 0. The molecule has 134 valence electrons. The first kappa shape index (κ1) is 17.1. The van der Waals surface area contributed by atoms with E-state index in [4.69, 9.17) is 4.98 Å². The van der Waals surface area contributed by atoms with Crippen LogP contribution in [0.15, 0.2) is 48.8 Å². The summed E-state index contributed by atoms with van der Waals surface area (Å²) < 4.78 is 2.28. The average Bonchev–Trinajstić information content (AvgIpc) is 3.05. The van der Waals surface area contributed by atoms with Gasteiger partial charge >= 0.3 is 0 Å². The Morgan fingerprint density at radius 1 is 1.12 bits per heavy atom. The van der Waals surface area contributed by atoms with E-state index in [-0.39, 0.29) is 0 Å². The number of aromatic nitrogens is 2. The molecule has 0 amide bonds. The minimum Gasteiger partial charge on any atom is -0.299 e. The molecule has 1 aliphatic carbocycles. The lowest BCUT2D eigenvalue weighted by atomic mass is 9.87. The fourth-order valence-electron chi connectivity index (χ4n) is 4.89. The summed E-state index contributed by atoms with van der Waals surface area (Å²) in [5.74, 6) is 1.81. The van der Waals surface area contributed by atoms with Gasteiger partial charge in [-0.1, -0.05) is 55.8 Å². The molecule has 0 radical (unpaired) electrons. The van der Waals surface area contributed by atoms with E-state index in [0.29, 0.717) is 5.41 Å². The third kappa shape index (κ3) is 2.51. The zero-order chi connectivity index (χ0) is 18.5. The predicted octanol–water partition coefficient (Wildman–Crippen LogP) is 6.15. The van der Waals surface area contributed by atoms with Gasteiger partial charge in [-0.2, -0.15) is 0 Å². The summed E-state index contributed by atoms with van der Waals surface area (Å²) >= 11 is 0. The van der Waals surface area contributed by atoms with E-state index in [0.717, 1.165) is 11.7 Å². The monoisotopic (exact) mass is 344 g/mol. The van der Waals surface area contributed by atoms with E-state index in [9.17, 15) is 0 Å². The minimum atomic E-state index is 0.324. The molecule has 0 saturated heterocycles. The molecule has 1 unspecified atom stereocenters. The second kappa shape index (κ2) is 6.12. The summed E-state index contributed by atoms with van der Waals surface area (Å²) in [6.07, 6.45) is 6.50. The summed E-state index contributed by atoms with van der Waals surface area (Å²) in [5, 5.41) is 0. The Hall–Kier alpha value is -2.35. The Balaban J connectivity index is 1.91. The zero-order valence-corrected chi connectivity index (χ0v) is 16.5. The van der Waals surface area contributed by atoms with Gasteiger partial charge in [0.15, 0.2) is 0 Å². The molecule has 3 aromatic rings. The van der Waals surface area contributed by atoms with Crippen molar-refractivity contribution in [3.63, 3.8) is 0 Å². The number of hydrogen-bond acceptors (Lipinski definition) is 1. The SMILES string of the molecule is CCC1(c2ccccc2-c2nccn2-c2c(C)cc(C)cc2C)C[C@@H]1C. The first-order valence-electron chi connectivity index (χ1n) is 9.69. The van der Waals surface area contributed by atoms with E-state index in [1.807, 2.05) is 6.20 Å². The summed E-state index contributed by atoms with van der Waals surface area (Å²) in [7, 11) is 0. The zero-order valence-electron chi connectivity index (χ0n) is 16.5. The molecule has 1 aliphatic rings. The second-order valence-electron chi connectivity index (χ2n) is 8.03. The molecule has 1 saturated carbocycles.